The number of amides is 1. The Labute approximate surface area is 175 Å². The lowest BCUT2D eigenvalue weighted by atomic mass is 10.1. The molecule has 30 heavy (non-hydrogen) atoms. The third kappa shape index (κ3) is 3.88. The van der Waals surface area contributed by atoms with Crippen molar-refractivity contribution in [2.45, 2.75) is 25.0 Å². The van der Waals surface area contributed by atoms with E-state index in [1.165, 1.54) is 16.8 Å². The van der Waals surface area contributed by atoms with Crippen LogP contribution in [0.1, 0.15) is 34.8 Å². The highest BCUT2D eigenvalue weighted by Crippen LogP contribution is 2.34. The number of carbonyl (C=O) groups is 1. The van der Waals surface area contributed by atoms with E-state index in [1.54, 1.807) is 12.3 Å². The van der Waals surface area contributed by atoms with Gasteiger partial charge in [0.05, 0.1) is 24.2 Å². The topological polar surface area (TPSA) is 116 Å². The number of nitrogens with zero attached hydrogens (tertiary/aromatic N) is 4. The predicted molar refractivity (Wildman–Crippen MR) is 108 cm³/mol. The molecule has 0 bridgehead atoms. The molecule has 0 aliphatic carbocycles. The molecule has 2 atom stereocenters. The predicted octanol–water partition coefficient (Wildman–Crippen LogP) is 1.23. The van der Waals surface area contributed by atoms with Crippen molar-refractivity contribution in [3.05, 3.63) is 58.0 Å². The zero-order chi connectivity index (χ0) is 21.3. The summed E-state index contributed by atoms with van der Waals surface area (Å²) in [5, 5.41) is 16.3. The van der Waals surface area contributed by atoms with E-state index in [4.69, 9.17) is 11.6 Å². The Bertz CT molecular complexity index is 1130. The molecule has 0 spiro atoms. The fourth-order valence-corrected chi connectivity index (χ4v) is 3.73. The molecule has 3 N–H and O–H groups in total. The van der Waals surface area contributed by atoms with Crippen LogP contribution in [0.2, 0.25) is 0 Å². The van der Waals surface area contributed by atoms with Gasteiger partial charge in [0.1, 0.15) is 17.2 Å². The van der Waals surface area contributed by atoms with Crippen molar-refractivity contribution < 1.29 is 14.3 Å². The summed E-state index contributed by atoms with van der Waals surface area (Å²) in [6.07, 6.45) is 4.75. The average Bonchev–Trinajstić information content (AvgIpc) is 3.40. The minimum atomic E-state index is -0.851. The van der Waals surface area contributed by atoms with E-state index in [2.05, 4.69) is 20.4 Å². The Kier molecular flexibility index (Phi) is 5.69. The first-order valence-electron chi connectivity index (χ1n) is 9.49. The molecule has 3 aromatic heterocycles. The maximum absolute atomic E-state index is 13.7. The van der Waals surface area contributed by atoms with Gasteiger partial charge in [0.15, 0.2) is 5.65 Å². The number of rotatable bonds is 6. The molecule has 0 radical (unpaired) electrons. The van der Waals surface area contributed by atoms with Crippen LogP contribution in [0.25, 0.3) is 5.65 Å². The molecule has 0 aromatic carbocycles. The van der Waals surface area contributed by atoms with E-state index >= 15 is 0 Å². The first-order valence-corrected chi connectivity index (χ1v) is 10.0. The monoisotopic (exact) mass is 434 g/mol. The summed E-state index contributed by atoms with van der Waals surface area (Å²) in [7, 11) is 0. The number of alkyl halides is 1. The Morgan fingerprint density at radius 1 is 1.50 bits per heavy atom. The average molecular weight is 435 g/mol. The summed E-state index contributed by atoms with van der Waals surface area (Å²) in [5.41, 5.74) is 0.592. The van der Waals surface area contributed by atoms with Crippen LogP contribution in [0, 0.1) is 5.82 Å². The zero-order valence-corrected chi connectivity index (χ0v) is 16.6. The molecule has 158 valence electrons. The Balaban J connectivity index is 1.65. The fraction of sp³-hybridized carbons (Fsp3) is 0.368. The second-order valence-electron chi connectivity index (χ2n) is 7.08. The second kappa shape index (κ2) is 8.41. The molecule has 0 saturated carbocycles. The molecule has 1 amide bonds. The van der Waals surface area contributed by atoms with Gasteiger partial charge >= 0.3 is 0 Å². The standard InChI is InChI=1S/C19H20ClFN6O3/c20-7-12(28)9-23-19(30)14-10-24-27-5-3-16(25-17(14)27)26-4-1-2-15(26)13-6-11(21)8-22-18(13)29/h3,5-6,8,10,12,15,28H,1-2,4,7,9H2,(H,22,29)(H,23,30)/t12?,15-/m1/s1. The van der Waals surface area contributed by atoms with Crippen LogP contribution in [0.4, 0.5) is 10.2 Å². The maximum atomic E-state index is 13.7. The number of H-pyrrole nitrogens is 1. The second-order valence-corrected chi connectivity index (χ2v) is 7.39. The summed E-state index contributed by atoms with van der Waals surface area (Å²) >= 11 is 5.55. The van der Waals surface area contributed by atoms with E-state index in [0.717, 1.165) is 12.6 Å². The first kappa shape index (κ1) is 20.3. The number of carbonyl (C=O) groups excluding carboxylic acids is 1. The highest BCUT2D eigenvalue weighted by molar-refractivity contribution is 6.18. The van der Waals surface area contributed by atoms with Crippen LogP contribution in [0.3, 0.4) is 0 Å². The number of aromatic amines is 1. The van der Waals surface area contributed by atoms with Crippen molar-refractivity contribution >= 4 is 29.0 Å². The summed E-state index contributed by atoms with van der Waals surface area (Å²) in [6.45, 7) is 0.650. The van der Waals surface area contributed by atoms with E-state index in [1.807, 2.05) is 4.90 Å². The Morgan fingerprint density at radius 3 is 3.13 bits per heavy atom. The van der Waals surface area contributed by atoms with Gasteiger partial charge in [-0.25, -0.2) is 13.9 Å². The molecule has 1 unspecified atom stereocenters. The number of hydrogen-bond acceptors (Lipinski definition) is 6. The smallest absolute Gasteiger partial charge is 0.256 e. The maximum Gasteiger partial charge on any atom is 0.256 e. The molecule has 4 rings (SSSR count). The first-order chi connectivity index (χ1) is 14.5. The molecular formula is C19H20ClFN6O3. The Hall–Kier alpha value is -2.98. The van der Waals surface area contributed by atoms with Crippen molar-refractivity contribution in [3.63, 3.8) is 0 Å². The van der Waals surface area contributed by atoms with Crippen LogP contribution in [-0.4, -0.2) is 55.7 Å². The van der Waals surface area contributed by atoms with Crippen LogP contribution in [-0.2, 0) is 0 Å². The molecule has 1 fully saturated rings. The zero-order valence-electron chi connectivity index (χ0n) is 15.9. The molecule has 3 aromatic rings. The summed E-state index contributed by atoms with van der Waals surface area (Å²) in [5.74, 6) is -0.372. The van der Waals surface area contributed by atoms with Gasteiger partial charge in [0.2, 0.25) is 0 Å². The lowest BCUT2D eigenvalue weighted by molar-refractivity contribution is 0.0927. The Morgan fingerprint density at radius 2 is 2.33 bits per heavy atom. The lowest BCUT2D eigenvalue weighted by Crippen LogP contribution is -2.33. The van der Waals surface area contributed by atoms with Gasteiger partial charge < -0.3 is 20.3 Å². The molecule has 9 nitrogen and oxygen atoms in total. The van der Waals surface area contributed by atoms with Crippen LogP contribution < -0.4 is 15.8 Å². The minimum Gasteiger partial charge on any atom is -0.390 e. The van der Waals surface area contributed by atoms with Gasteiger partial charge in [-0.15, -0.1) is 11.6 Å². The fourth-order valence-electron chi connectivity index (χ4n) is 3.63. The van der Waals surface area contributed by atoms with Gasteiger partial charge in [-0.1, -0.05) is 0 Å². The van der Waals surface area contributed by atoms with E-state index in [9.17, 15) is 19.1 Å². The van der Waals surface area contributed by atoms with Crippen molar-refractivity contribution in [2.24, 2.45) is 0 Å². The quantitative estimate of drug-likeness (QED) is 0.502. The number of fused-ring (bicyclic) bond motifs is 1. The van der Waals surface area contributed by atoms with Gasteiger partial charge in [-0.05, 0) is 25.0 Å². The van der Waals surface area contributed by atoms with Crippen LogP contribution in [0.15, 0.2) is 35.5 Å². The highest BCUT2D eigenvalue weighted by Gasteiger charge is 2.30. The number of aliphatic hydroxyl groups is 1. The molecule has 4 heterocycles. The highest BCUT2D eigenvalue weighted by atomic mass is 35.5. The summed E-state index contributed by atoms with van der Waals surface area (Å²) in [6, 6.07) is 2.67. The normalized spacial score (nSPS) is 17.4. The van der Waals surface area contributed by atoms with Crippen LogP contribution >= 0.6 is 11.6 Å². The largest absolute Gasteiger partial charge is 0.390 e. The number of pyridine rings is 1. The van der Waals surface area contributed by atoms with Gasteiger partial charge in [-0.2, -0.15) is 5.10 Å². The van der Waals surface area contributed by atoms with Crippen molar-refractivity contribution in [3.8, 4) is 0 Å². The third-order valence-corrected chi connectivity index (χ3v) is 5.43. The number of nitrogens with one attached hydrogen (secondary N) is 2. The number of aliphatic hydroxyl groups excluding tert-OH is 1. The molecule has 11 heteroatoms. The van der Waals surface area contributed by atoms with Crippen molar-refractivity contribution in [2.75, 3.05) is 23.9 Å². The van der Waals surface area contributed by atoms with Gasteiger partial charge in [0.25, 0.3) is 11.5 Å². The molecule has 1 aliphatic heterocycles. The van der Waals surface area contributed by atoms with Crippen molar-refractivity contribution in [1.82, 2.24) is 24.9 Å². The SMILES string of the molecule is O=C(NCC(O)CCl)c1cnn2ccc(N3CCC[C@@H]3c3cc(F)c[nH]c3=O)nc12. The van der Waals surface area contributed by atoms with Gasteiger partial charge in [0, 0.05) is 31.0 Å². The van der Waals surface area contributed by atoms with E-state index < -0.39 is 17.8 Å². The number of anilines is 1. The number of halogens is 2. The number of aromatic nitrogens is 4. The molecule has 1 saturated heterocycles. The van der Waals surface area contributed by atoms with Crippen LogP contribution in [0.5, 0.6) is 0 Å². The summed E-state index contributed by atoms with van der Waals surface area (Å²) < 4.78 is 15.2. The molecular weight excluding hydrogens is 415 g/mol. The van der Waals surface area contributed by atoms with E-state index in [-0.39, 0.29) is 29.6 Å². The lowest BCUT2D eigenvalue weighted by Gasteiger charge is -2.25. The molecule has 1 aliphatic rings. The third-order valence-electron chi connectivity index (χ3n) is 5.08. The van der Waals surface area contributed by atoms with Crippen molar-refractivity contribution in [1.29, 1.82) is 0 Å². The minimum absolute atomic E-state index is 0.00694. The number of hydrogen-bond donors (Lipinski definition) is 3. The van der Waals surface area contributed by atoms with Gasteiger partial charge in [-0.3, -0.25) is 9.59 Å². The summed E-state index contributed by atoms with van der Waals surface area (Å²) in [4.78, 5) is 33.6. The van der Waals surface area contributed by atoms with E-state index in [0.29, 0.717) is 30.0 Å².